The van der Waals surface area contributed by atoms with Gasteiger partial charge in [-0.3, -0.25) is 19.2 Å². The lowest BCUT2D eigenvalue weighted by molar-refractivity contribution is -0.142. The van der Waals surface area contributed by atoms with Crippen LogP contribution in [0.3, 0.4) is 0 Å². The molecule has 0 fully saturated rings. The Morgan fingerprint density at radius 1 is 0.886 bits per heavy atom. The maximum atomic E-state index is 13.1. The molecule has 196 valence electrons. The van der Waals surface area contributed by atoms with Crippen LogP contribution in [0.15, 0.2) is 24.3 Å². The van der Waals surface area contributed by atoms with Gasteiger partial charge >= 0.3 is 5.97 Å². The van der Waals surface area contributed by atoms with Crippen molar-refractivity contribution in [1.29, 1.82) is 0 Å². The van der Waals surface area contributed by atoms with Crippen molar-refractivity contribution in [2.24, 2.45) is 17.4 Å². The van der Waals surface area contributed by atoms with Crippen molar-refractivity contribution in [1.82, 2.24) is 16.0 Å². The Morgan fingerprint density at radius 3 is 2.00 bits per heavy atom. The molecular formula is C24H39N5O6. The molecule has 1 aromatic rings. The van der Waals surface area contributed by atoms with Crippen molar-refractivity contribution in [2.45, 2.75) is 77.0 Å². The molecule has 0 aromatic heterocycles. The Bertz CT molecular complexity index is 845. The van der Waals surface area contributed by atoms with E-state index in [-0.39, 0.29) is 24.5 Å². The predicted molar refractivity (Wildman–Crippen MR) is 131 cm³/mol. The Hall–Kier alpha value is -3.18. The number of hydrogen-bond acceptors (Lipinski definition) is 7. The molecule has 1 rings (SSSR count). The van der Waals surface area contributed by atoms with Crippen LogP contribution in [0.1, 0.15) is 52.0 Å². The monoisotopic (exact) mass is 493 g/mol. The largest absolute Gasteiger partial charge is 0.508 e. The smallest absolute Gasteiger partial charge is 0.325 e. The number of carbonyl (C=O) groups is 4. The normalized spacial score (nSPS) is 14.5. The van der Waals surface area contributed by atoms with E-state index < -0.39 is 47.9 Å². The van der Waals surface area contributed by atoms with Crippen molar-refractivity contribution in [3.8, 4) is 5.75 Å². The molecule has 0 spiro atoms. The van der Waals surface area contributed by atoms with Crippen molar-refractivity contribution >= 4 is 23.7 Å². The third-order valence-electron chi connectivity index (χ3n) is 5.38. The minimum Gasteiger partial charge on any atom is -0.508 e. The molecule has 0 saturated carbocycles. The number of carboxylic acid groups (broad SMARTS) is 1. The average Bonchev–Trinajstić information content (AvgIpc) is 2.78. The molecule has 11 nitrogen and oxygen atoms in total. The topological polar surface area (TPSA) is 197 Å². The molecule has 1 aromatic carbocycles. The highest BCUT2D eigenvalue weighted by atomic mass is 16.4. The first-order chi connectivity index (χ1) is 16.4. The predicted octanol–water partition coefficient (Wildman–Crippen LogP) is -0.00400. The van der Waals surface area contributed by atoms with Crippen LogP contribution < -0.4 is 27.4 Å². The summed E-state index contributed by atoms with van der Waals surface area (Å²) in [4.78, 5) is 49.6. The Labute approximate surface area is 206 Å². The first kappa shape index (κ1) is 29.9. The number of rotatable bonds is 15. The van der Waals surface area contributed by atoms with Crippen LogP contribution in [0.4, 0.5) is 0 Å². The van der Waals surface area contributed by atoms with Gasteiger partial charge in [-0.1, -0.05) is 26.0 Å². The van der Waals surface area contributed by atoms with Gasteiger partial charge in [0.05, 0.1) is 6.04 Å². The van der Waals surface area contributed by atoms with Crippen LogP contribution in [0.2, 0.25) is 0 Å². The third kappa shape index (κ3) is 11.2. The first-order valence-corrected chi connectivity index (χ1v) is 11.8. The summed E-state index contributed by atoms with van der Waals surface area (Å²) in [5.41, 5.74) is 12.3. The molecule has 0 aliphatic heterocycles. The van der Waals surface area contributed by atoms with Crippen molar-refractivity contribution in [2.75, 3.05) is 6.54 Å². The molecule has 9 N–H and O–H groups in total. The molecule has 0 saturated heterocycles. The van der Waals surface area contributed by atoms with E-state index in [1.807, 2.05) is 13.8 Å². The van der Waals surface area contributed by atoms with E-state index in [0.29, 0.717) is 25.8 Å². The van der Waals surface area contributed by atoms with Gasteiger partial charge in [0.15, 0.2) is 0 Å². The summed E-state index contributed by atoms with van der Waals surface area (Å²) < 4.78 is 0. The number of aliphatic carboxylic acids is 1. The van der Waals surface area contributed by atoms with Crippen LogP contribution in [-0.2, 0) is 25.6 Å². The summed E-state index contributed by atoms with van der Waals surface area (Å²) in [7, 11) is 0. The molecular weight excluding hydrogens is 454 g/mol. The fraction of sp³-hybridized carbons (Fsp3) is 0.583. The van der Waals surface area contributed by atoms with Crippen molar-refractivity contribution in [3.63, 3.8) is 0 Å². The molecule has 3 amide bonds. The van der Waals surface area contributed by atoms with Gasteiger partial charge in [0, 0.05) is 0 Å². The zero-order valence-electron chi connectivity index (χ0n) is 20.6. The average molecular weight is 494 g/mol. The lowest BCUT2D eigenvalue weighted by Crippen LogP contribution is -2.57. The van der Waals surface area contributed by atoms with Crippen LogP contribution in [0.5, 0.6) is 5.75 Å². The van der Waals surface area contributed by atoms with Gasteiger partial charge in [-0.2, -0.15) is 0 Å². The number of hydrogen-bond donors (Lipinski definition) is 7. The number of carboxylic acids is 1. The Morgan fingerprint density at radius 2 is 1.46 bits per heavy atom. The van der Waals surface area contributed by atoms with Gasteiger partial charge in [0.2, 0.25) is 17.7 Å². The fourth-order valence-corrected chi connectivity index (χ4v) is 3.37. The molecule has 0 aliphatic rings. The Balaban J connectivity index is 2.91. The maximum absolute atomic E-state index is 13.1. The van der Waals surface area contributed by atoms with E-state index in [1.54, 1.807) is 12.1 Å². The van der Waals surface area contributed by atoms with Gasteiger partial charge in [-0.15, -0.1) is 0 Å². The van der Waals surface area contributed by atoms with E-state index in [0.717, 1.165) is 5.56 Å². The van der Waals surface area contributed by atoms with Gasteiger partial charge in [-0.25, -0.2) is 0 Å². The van der Waals surface area contributed by atoms with Gasteiger partial charge in [0.1, 0.15) is 23.9 Å². The number of phenolic OH excluding ortho intramolecular Hbond substituents is 1. The van der Waals surface area contributed by atoms with Crippen LogP contribution >= 0.6 is 0 Å². The zero-order valence-corrected chi connectivity index (χ0v) is 20.6. The summed E-state index contributed by atoms with van der Waals surface area (Å²) in [5, 5.41) is 26.2. The van der Waals surface area contributed by atoms with Crippen LogP contribution in [0.25, 0.3) is 0 Å². The number of benzene rings is 1. The molecule has 35 heavy (non-hydrogen) atoms. The van der Waals surface area contributed by atoms with E-state index in [4.69, 9.17) is 16.6 Å². The second-order valence-corrected chi connectivity index (χ2v) is 9.08. The number of nitrogens with one attached hydrogen (secondary N) is 3. The standard InChI is InChI=1S/C24H39N5O6/c1-14(2)12-20(23(33)27-15(3)24(34)35)29-22(32)19(6-4-5-11-25)28-21(31)18(26)13-16-7-9-17(30)10-8-16/h7-10,14-15,18-20,30H,4-6,11-13,25-26H2,1-3H3,(H,27,33)(H,28,31)(H,29,32)(H,34,35). The van der Waals surface area contributed by atoms with Crippen LogP contribution in [-0.4, -0.2) is 64.6 Å². The minimum absolute atomic E-state index is 0.0372. The lowest BCUT2D eigenvalue weighted by Gasteiger charge is -2.25. The van der Waals surface area contributed by atoms with E-state index in [9.17, 15) is 24.3 Å². The number of phenols is 1. The number of aromatic hydroxyl groups is 1. The highest BCUT2D eigenvalue weighted by Crippen LogP contribution is 2.12. The summed E-state index contributed by atoms with van der Waals surface area (Å²) in [5.74, 6) is -2.76. The molecule has 0 bridgehead atoms. The molecule has 0 heterocycles. The number of amides is 3. The minimum atomic E-state index is -1.19. The van der Waals surface area contributed by atoms with E-state index in [1.165, 1.54) is 19.1 Å². The second-order valence-electron chi connectivity index (χ2n) is 9.08. The molecule has 11 heteroatoms. The summed E-state index contributed by atoms with van der Waals surface area (Å²) >= 11 is 0. The number of nitrogens with two attached hydrogens (primary N) is 2. The molecule has 4 unspecified atom stereocenters. The SMILES string of the molecule is CC(C)CC(NC(=O)C(CCCCN)NC(=O)C(N)Cc1ccc(O)cc1)C(=O)NC(C)C(=O)O. The highest BCUT2D eigenvalue weighted by molar-refractivity contribution is 5.94. The molecule has 4 atom stereocenters. The van der Waals surface area contributed by atoms with Crippen molar-refractivity contribution in [3.05, 3.63) is 29.8 Å². The summed E-state index contributed by atoms with van der Waals surface area (Å²) in [6.45, 7) is 5.50. The first-order valence-electron chi connectivity index (χ1n) is 11.8. The maximum Gasteiger partial charge on any atom is 0.325 e. The summed E-state index contributed by atoms with van der Waals surface area (Å²) in [6, 6.07) is 2.33. The highest BCUT2D eigenvalue weighted by Gasteiger charge is 2.29. The van der Waals surface area contributed by atoms with E-state index >= 15 is 0 Å². The van der Waals surface area contributed by atoms with Gasteiger partial charge < -0.3 is 37.6 Å². The second kappa shape index (κ2) is 14.9. The van der Waals surface area contributed by atoms with Crippen LogP contribution in [0, 0.1) is 5.92 Å². The molecule has 0 aliphatic carbocycles. The number of carbonyl (C=O) groups excluding carboxylic acids is 3. The number of unbranched alkanes of at least 4 members (excludes halogenated alkanes) is 1. The fourth-order valence-electron chi connectivity index (χ4n) is 3.37. The molecule has 0 radical (unpaired) electrons. The lowest BCUT2D eigenvalue weighted by atomic mass is 10.0. The third-order valence-corrected chi connectivity index (χ3v) is 5.38. The van der Waals surface area contributed by atoms with Gasteiger partial charge in [0.25, 0.3) is 0 Å². The van der Waals surface area contributed by atoms with Crippen molar-refractivity contribution < 1.29 is 29.4 Å². The van der Waals surface area contributed by atoms with Gasteiger partial charge in [-0.05, 0) is 69.2 Å². The quantitative estimate of drug-likeness (QED) is 0.166. The van der Waals surface area contributed by atoms with E-state index in [2.05, 4.69) is 16.0 Å². The zero-order chi connectivity index (χ0) is 26.5. The Kier molecular flexibility index (Phi) is 12.7. The summed E-state index contributed by atoms with van der Waals surface area (Å²) in [6.07, 6.45) is 2.00.